The number of hydrogen-bond donors (Lipinski definition) is 2. The monoisotopic (exact) mass is 407 g/mol. The third-order valence-electron chi connectivity index (χ3n) is 3.62. The van der Waals surface area contributed by atoms with Crippen molar-refractivity contribution >= 4 is 33.2 Å². The minimum atomic E-state index is -0.560. The van der Waals surface area contributed by atoms with Gasteiger partial charge in [0.05, 0.1) is 24.6 Å². The number of benzene rings is 2. The molecule has 0 aliphatic carbocycles. The number of hydrogen-bond acceptors (Lipinski definition) is 5. The Balaban J connectivity index is 2.01. The highest BCUT2D eigenvalue weighted by molar-refractivity contribution is 9.10. The lowest BCUT2D eigenvalue weighted by Crippen LogP contribution is -2.30. The highest BCUT2D eigenvalue weighted by Gasteiger charge is 2.18. The number of nitrogens with zero attached hydrogens (tertiary/aromatic N) is 1. The number of carbonyl (C=O) groups is 1. The van der Waals surface area contributed by atoms with Gasteiger partial charge in [0.25, 0.3) is 5.69 Å². The maximum Gasteiger partial charge on any atom is 0.296 e. The van der Waals surface area contributed by atoms with Gasteiger partial charge in [-0.1, -0.05) is 34.1 Å². The molecule has 8 heteroatoms. The smallest absolute Gasteiger partial charge is 0.296 e. The van der Waals surface area contributed by atoms with Crippen LogP contribution in [0, 0.1) is 10.1 Å². The summed E-state index contributed by atoms with van der Waals surface area (Å²) in [5.41, 5.74) is 0.934. The summed E-state index contributed by atoms with van der Waals surface area (Å²) >= 11 is 3.47. The number of halogens is 1. The molecule has 7 nitrogen and oxygen atoms in total. The van der Waals surface area contributed by atoms with E-state index in [0.29, 0.717) is 5.75 Å². The van der Waals surface area contributed by atoms with Crippen molar-refractivity contribution in [2.45, 2.75) is 13.0 Å². The quantitative estimate of drug-likeness (QED) is 0.539. The summed E-state index contributed by atoms with van der Waals surface area (Å²) in [4.78, 5) is 22.7. The van der Waals surface area contributed by atoms with E-state index in [-0.39, 0.29) is 29.9 Å². The van der Waals surface area contributed by atoms with Crippen LogP contribution in [0.2, 0.25) is 0 Å². The van der Waals surface area contributed by atoms with Crippen LogP contribution in [0.4, 0.5) is 11.4 Å². The van der Waals surface area contributed by atoms with Crippen LogP contribution in [0.3, 0.4) is 0 Å². The Morgan fingerprint density at radius 3 is 2.68 bits per heavy atom. The van der Waals surface area contributed by atoms with Crippen LogP contribution >= 0.6 is 15.9 Å². The Hall–Kier alpha value is -2.45. The first-order valence-corrected chi connectivity index (χ1v) is 8.31. The number of amides is 1. The summed E-state index contributed by atoms with van der Waals surface area (Å²) < 4.78 is 5.92. The van der Waals surface area contributed by atoms with Crippen molar-refractivity contribution in [3.63, 3.8) is 0 Å². The topological polar surface area (TPSA) is 93.5 Å². The van der Waals surface area contributed by atoms with Crippen molar-refractivity contribution in [1.29, 1.82) is 0 Å². The van der Waals surface area contributed by atoms with Gasteiger partial charge in [-0.3, -0.25) is 14.9 Å². The van der Waals surface area contributed by atoms with E-state index in [9.17, 15) is 14.9 Å². The summed E-state index contributed by atoms with van der Waals surface area (Å²) in [6, 6.07) is 11.9. The van der Waals surface area contributed by atoms with Crippen molar-refractivity contribution in [2.24, 2.45) is 0 Å². The first-order chi connectivity index (χ1) is 11.9. The van der Waals surface area contributed by atoms with Crippen LogP contribution in [0.25, 0.3) is 0 Å². The molecule has 2 N–H and O–H groups in total. The second-order valence-electron chi connectivity index (χ2n) is 5.31. The van der Waals surface area contributed by atoms with Crippen LogP contribution < -0.4 is 15.4 Å². The second-order valence-corrected chi connectivity index (χ2v) is 6.17. The SMILES string of the molecule is COc1ccc(NC(=O)CNC(C)c2ccccc2Br)c([N+](=O)[O-])c1. The van der Waals surface area contributed by atoms with Crippen molar-refractivity contribution in [1.82, 2.24) is 5.32 Å². The van der Waals surface area contributed by atoms with Gasteiger partial charge in [-0.25, -0.2) is 0 Å². The maximum atomic E-state index is 12.1. The van der Waals surface area contributed by atoms with Gasteiger partial charge in [0.15, 0.2) is 0 Å². The molecule has 0 heterocycles. The molecule has 1 amide bonds. The lowest BCUT2D eigenvalue weighted by atomic mass is 10.1. The van der Waals surface area contributed by atoms with Gasteiger partial charge in [0.2, 0.25) is 5.91 Å². The number of nitro groups is 1. The van der Waals surface area contributed by atoms with Crippen molar-refractivity contribution in [2.75, 3.05) is 19.0 Å². The number of methoxy groups -OCH3 is 1. The first kappa shape index (κ1) is 18.9. The van der Waals surface area contributed by atoms with Crippen LogP contribution in [-0.4, -0.2) is 24.5 Å². The lowest BCUT2D eigenvalue weighted by Gasteiger charge is -2.15. The molecule has 1 atom stereocenters. The zero-order valence-corrected chi connectivity index (χ0v) is 15.4. The third kappa shape index (κ3) is 5.01. The number of nitro benzene ring substituents is 1. The van der Waals surface area contributed by atoms with E-state index in [1.165, 1.54) is 19.2 Å². The molecule has 0 aromatic heterocycles. The Kier molecular flexibility index (Phi) is 6.49. The third-order valence-corrected chi connectivity index (χ3v) is 4.34. The zero-order valence-electron chi connectivity index (χ0n) is 13.8. The number of anilines is 1. The summed E-state index contributed by atoms with van der Waals surface area (Å²) in [7, 11) is 1.42. The molecule has 25 heavy (non-hydrogen) atoms. The van der Waals surface area contributed by atoms with E-state index in [0.717, 1.165) is 10.0 Å². The number of nitrogens with one attached hydrogen (secondary N) is 2. The fourth-order valence-electron chi connectivity index (χ4n) is 2.27. The van der Waals surface area contributed by atoms with Crippen LogP contribution in [-0.2, 0) is 4.79 Å². The van der Waals surface area contributed by atoms with Crippen molar-refractivity contribution < 1.29 is 14.5 Å². The molecule has 2 rings (SSSR count). The summed E-state index contributed by atoms with van der Waals surface area (Å²) in [5, 5.41) is 16.8. The molecule has 0 fully saturated rings. The summed E-state index contributed by atoms with van der Waals surface area (Å²) in [6.07, 6.45) is 0. The van der Waals surface area contributed by atoms with Gasteiger partial charge >= 0.3 is 0 Å². The van der Waals surface area contributed by atoms with Gasteiger partial charge in [-0.15, -0.1) is 0 Å². The van der Waals surface area contributed by atoms with Crippen LogP contribution in [0.15, 0.2) is 46.9 Å². The van der Waals surface area contributed by atoms with E-state index in [2.05, 4.69) is 26.6 Å². The maximum absolute atomic E-state index is 12.1. The minimum absolute atomic E-state index is 0.0195. The highest BCUT2D eigenvalue weighted by Crippen LogP contribution is 2.29. The fraction of sp³-hybridized carbons (Fsp3) is 0.235. The van der Waals surface area contributed by atoms with Gasteiger partial charge in [0.1, 0.15) is 11.4 Å². The van der Waals surface area contributed by atoms with Gasteiger partial charge in [-0.2, -0.15) is 0 Å². The van der Waals surface area contributed by atoms with E-state index >= 15 is 0 Å². The van der Waals surface area contributed by atoms with Crippen molar-refractivity contribution in [3.05, 3.63) is 62.6 Å². The number of ether oxygens (including phenoxy) is 1. The van der Waals surface area contributed by atoms with E-state index in [1.807, 2.05) is 31.2 Å². The predicted octanol–water partition coefficient (Wildman–Crippen LogP) is 3.66. The molecule has 2 aromatic rings. The summed E-state index contributed by atoms with van der Waals surface area (Å²) in [5.74, 6) is -0.0162. The molecule has 0 aliphatic rings. The molecule has 0 bridgehead atoms. The normalized spacial score (nSPS) is 11.6. The standard InChI is InChI=1S/C17H18BrN3O4/c1-11(13-5-3-4-6-14(13)18)19-10-17(22)20-15-8-7-12(25-2)9-16(15)21(23)24/h3-9,11,19H,10H2,1-2H3,(H,20,22). The Bertz CT molecular complexity index is 782. The average molecular weight is 408 g/mol. The molecule has 0 saturated heterocycles. The van der Waals surface area contributed by atoms with E-state index < -0.39 is 4.92 Å². The number of rotatable bonds is 7. The second kappa shape index (κ2) is 8.59. The number of carbonyl (C=O) groups excluding carboxylic acids is 1. The molecule has 0 spiro atoms. The van der Waals surface area contributed by atoms with Gasteiger partial charge in [-0.05, 0) is 30.7 Å². The molecule has 0 radical (unpaired) electrons. The van der Waals surface area contributed by atoms with Gasteiger partial charge in [0, 0.05) is 10.5 Å². The zero-order chi connectivity index (χ0) is 18.4. The molecule has 1 unspecified atom stereocenters. The first-order valence-electron chi connectivity index (χ1n) is 7.52. The van der Waals surface area contributed by atoms with Crippen LogP contribution in [0.5, 0.6) is 5.75 Å². The Morgan fingerprint density at radius 1 is 1.32 bits per heavy atom. The molecular formula is C17H18BrN3O4. The van der Waals surface area contributed by atoms with Gasteiger partial charge < -0.3 is 15.4 Å². The fourth-order valence-corrected chi connectivity index (χ4v) is 2.90. The van der Waals surface area contributed by atoms with Crippen molar-refractivity contribution in [3.8, 4) is 5.75 Å². The molecule has 0 aliphatic heterocycles. The summed E-state index contributed by atoms with van der Waals surface area (Å²) in [6.45, 7) is 1.95. The van der Waals surface area contributed by atoms with E-state index in [4.69, 9.17) is 4.74 Å². The Labute approximate surface area is 153 Å². The minimum Gasteiger partial charge on any atom is -0.496 e. The average Bonchev–Trinajstić information content (AvgIpc) is 2.60. The molecule has 132 valence electrons. The van der Waals surface area contributed by atoms with E-state index in [1.54, 1.807) is 6.07 Å². The largest absolute Gasteiger partial charge is 0.496 e. The molecular weight excluding hydrogens is 390 g/mol. The molecule has 2 aromatic carbocycles. The molecule has 0 saturated carbocycles. The predicted molar refractivity (Wildman–Crippen MR) is 98.8 cm³/mol. The Morgan fingerprint density at radius 2 is 2.04 bits per heavy atom. The lowest BCUT2D eigenvalue weighted by molar-refractivity contribution is -0.384. The highest BCUT2D eigenvalue weighted by atomic mass is 79.9. The van der Waals surface area contributed by atoms with Crippen LogP contribution in [0.1, 0.15) is 18.5 Å².